The molecule has 3 aromatic rings. The Labute approximate surface area is 214 Å². The first kappa shape index (κ1) is 24.6. The van der Waals surface area contributed by atoms with Gasteiger partial charge in [0.05, 0.1) is 28.7 Å². The second-order valence-electron chi connectivity index (χ2n) is 9.21. The molecular weight excluding hydrogens is 485 g/mol. The van der Waals surface area contributed by atoms with Gasteiger partial charge in [0.1, 0.15) is 11.5 Å². The molecule has 0 spiro atoms. The van der Waals surface area contributed by atoms with E-state index in [4.69, 9.17) is 16.3 Å². The van der Waals surface area contributed by atoms with Gasteiger partial charge in [0.25, 0.3) is 5.91 Å². The molecular formula is C25H29ClFN7O2. The highest BCUT2D eigenvalue weighted by molar-refractivity contribution is 6.34. The smallest absolute Gasteiger partial charge is 0.255 e. The molecule has 5 rings (SSSR count). The lowest BCUT2D eigenvalue weighted by Crippen LogP contribution is -2.47. The summed E-state index contributed by atoms with van der Waals surface area (Å²) in [5.74, 6) is 0.409. The average molecular weight is 514 g/mol. The molecule has 2 saturated heterocycles. The standard InChI is InChI=1S/C25H29ClFN7O2/c1-16-28-15-22(34(16)18-5-11-36-12-6-18)23-21(27)14-29-25(31-23)30-17-3-4-19(20(26)13-17)24(35)33-9-7-32(2)8-10-33/h3-4,13-15,18H,5-12H2,1-2H3,(H,29,30,31). The molecule has 2 fully saturated rings. The number of likely N-dealkylation sites (N-methyl/N-ethyl adjacent to an activating group) is 1. The topological polar surface area (TPSA) is 88.4 Å². The van der Waals surface area contributed by atoms with Crippen molar-refractivity contribution in [1.82, 2.24) is 29.3 Å². The number of aromatic nitrogens is 4. The zero-order chi connectivity index (χ0) is 25.2. The number of amides is 1. The van der Waals surface area contributed by atoms with Gasteiger partial charge < -0.3 is 24.4 Å². The third kappa shape index (κ3) is 5.07. The molecule has 1 N–H and O–H groups in total. The summed E-state index contributed by atoms with van der Waals surface area (Å²) in [5.41, 5.74) is 1.82. The largest absolute Gasteiger partial charge is 0.381 e. The van der Waals surface area contributed by atoms with E-state index in [2.05, 4.69) is 25.2 Å². The number of rotatable bonds is 5. The Morgan fingerprint density at radius 1 is 1.14 bits per heavy atom. The maximum absolute atomic E-state index is 14.9. The van der Waals surface area contributed by atoms with Crippen LogP contribution in [-0.4, -0.2) is 81.7 Å². The Balaban J connectivity index is 1.37. The fourth-order valence-electron chi connectivity index (χ4n) is 4.72. The fraction of sp³-hybridized carbons (Fsp3) is 0.440. The third-order valence-electron chi connectivity index (χ3n) is 6.77. The van der Waals surface area contributed by atoms with Crippen LogP contribution in [0.2, 0.25) is 5.02 Å². The van der Waals surface area contributed by atoms with Crippen LogP contribution in [0, 0.1) is 12.7 Å². The molecule has 1 aromatic carbocycles. The lowest BCUT2D eigenvalue weighted by atomic mass is 10.1. The summed E-state index contributed by atoms with van der Waals surface area (Å²) in [6.07, 6.45) is 4.46. The number of nitrogens with zero attached hydrogens (tertiary/aromatic N) is 6. The second-order valence-corrected chi connectivity index (χ2v) is 9.62. The van der Waals surface area contributed by atoms with E-state index in [0.29, 0.717) is 48.3 Å². The Morgan fingerprint density at radius 3 is 2.61 bits per heavy atom. The van der Waals surface area contributed by atoms with Crippen molar-refractivity contribution >= 4 is 29.1 Å². The Morgan fingerprint density at radius 2 is 1.89 bits per heavy atom. The molecule has 11 heteroatoms. The van der Waals surface area contributed by atoms with Gasteiger partial charge in [-0.3, -0.25) is 4.79 Å². The van der Waals surface area contributed by atoms with Crippen molar-refractivity contribution < 1.29 is 13.9 Å². The van der Waals surface area contributed by atoms with Crippen LogP contribution in [0.15, 0.2) is 30.6 Å². The predicted molar refractivity (Wildman–Crippen MR) is 135 cm³/mol. The van der Waals surface area contributed by atoms with E-state index in [1.165, 1.54) is 0 Å². The van der Waals surface area contributed by atoms with Gasteiger partial charge in [0, 0.05) is 51.1 Å². The molecule has 2 aliphatic rings. The van der Waals surface area contributed by atoms with E-state index in [1.807, 2.05) is 23.4 Å². The van der Waals surface area contributed by atoms with E-state index in [1.54, 1.807) is 24.4 Å². The molecule has 9 nitrogen and oxygen atoms in total. The van der Waals surface area contributed by atoms with Gasteiger partial charge >= 0.3 is 0 Å². The predicted octanol–water partition coefficient (Wildman–Crippen LogP) is 3.92. The number of carbonyl (C=O) groups is 1. The fourth-order valence-corrected chi connectivity index (χ4v) is 4.98. The number of anilines is 2. The summed E-state index contributed by atoms with van der Waals surface area (Å²) in [6.45, 7) is 6.23. The van der Waals surface area contributed by atoms with Crippen LogP contribution >= 0.6 is 11.6 Å². The first-order valence-corrected chi connectivity index (χ1v) is 12.5. The molecule has 36 heavy (non-hydrogen) atoms. The molecule has 1 amide bonds. The lowest BCUT2D eigenvalue weighted by Gasteiger charge is -2.32. The van der Waals surface area contributed by atoms with Crippen molar-refractivity contribution in [2.45, 2.75) is 25.8 Å². The van der Waals surface area contributed by atoms with Crippen LogP contribution in [0.25, 0.3) is 11.4 Å². The van der Waals surface area contributed by atoms with Crippen molar-refractivity contribution in [2.75, 3.05) is 51.8 Å². The highest BCUT2D eigenvalue weighted by atomic mass is 35.5. The number of carbonyl (C=O) groups excluding carboxylic acids is 1. The Kier molecular flexibility index (Phi) is 7.17. The summed E-state index contributed by atoms with van der Waals surface area (Å²) < 4.78 is 22.4. The summed E-state index contributed by atoms with van der Waals surface area (Å²) in [5, 5.41) is 3.42. The van der Waals surface area contributed by atoms with Crippen LogP contribution < -0.4 is 5.32 Å². The maximum atomic E-state index is 14.9. The number of benzene rings is 1. The van der Waals surface area contributed by atoms with Crippen molar-refractivity contribution in [3.05, 3.63) is 52.8 Å². The molecule has 4 heterocycles. The quantitative estimate of drug-likeness (QED) is 0.553. The van der Waals surface area contributed by atoms with Crippen molar-refractivity contribution in [3.63, 3.8) is 0 Å². The van der Waals surface area contributed by atoms with Crippen LogP contribution in [0.3, 0.4) is 0 Å². The van der Waals surface area contributed by atoms with Crippen LogP contribution in [-0.2, 0) is 4.74 Å². The molecule has 0 unspecified atom stereocenters. The van der Waals surface area contributed by atoms with Crippen molar-refractivity contribution in [3.8, 4) is 11.4 Å². The molecule has 0 aliphatic carbocycles. The van der Waals surface area contributed by atoms with E-state index in [0.717, 1.165) is 38.0 Å². The summed E-state index contributed by atoms with van der Waals surface area (Å²) in [4.78, 5) is 29.9. The van der Waals surface area contributed by atoms with Gasteiger partial charge in [-0.05, 0) is 45.0 Å². The second kappa shape index (κ2) is 10.5. The van der Waals surface area contributed by atoms with E-state index in [9.17, 15) is 9.18 Å². The number of ether oxygens (including phenoxy) is 1. The van der Waals surface area contributed by atoms with E-state index >= 15 is 0 Å². The average Bonchev–Trinajstić information content (AvgIpc) is 3.27. The first-order valence-electron chi connectivity index (χ1n) is 12.1. The summed E-state index contributed by atoms with van der Waals surface area (Å²) in [7, 11) is 2.04. The van der Waals surface area contributed by atoms with E-state index < -0.39 is 5.82 Å². The molecule has 190 valence electrons. The normalized spacial score (nSPS) is 17.4. The number of imidazole rings is 1. The van der Waals surface area contributed by atoms with Crippen molar-refractivity contribution in [2.24, 2.45) is 0 Å². The van der Waals surface area contributed by atoms with Gasteiger partial charge in [-0.2, -0.15) is 0 Å². The molecule has 0 radical (unpaired) electrons. The molecule has 0 bridgehead atoms. The summed E-state index contributed by atoms with van der Waals surface area (Å²) in [6, 6.07) is 5.27. The zero-order valence-electron chi connectivity index (χ0n) is 20.4. The molecule has 0 atom stereocenters. The van der Waals surface area contributed by atoms with Crippen LogP contribution in [0.1, 0.15) is 35.1 Å². The molecule has 2 aromatic heterocycles. The zero-order valence-corrected chi connectivity index (χ0v) is 21.1. The monoisotopic (exact) mass is 513 g/mol. The first-order chi connectivity index (χ1) is 17.4. The number of hydrogen-bond donors (Lipinski definition) is 1. The highest BCUT2D eigenvalue weighted by Gasteiger charge is 2.25. The molecule has 2 aliphatic heterocycles. The van der Waals surface area contributed by atoms with Gasteiger partial charge in [-0.25, -0.2) is 19.3 Å². The third-order valence-corrected chi connectivity index (χ3v) is 7.08. The van der Waals surface area contributed by atoms with Gasteiger partial charge in [0.15, 0.2) is 5.82 Å². The minimum atomic E-state index is -0.528. The SMILES string of the molecule is Cc1ncc(-c2nc(Nc3ccc(C(=O)N4CCN(C)CC4)c(Cl)c3)ncc2F)n1C1CCOCC1. The van der Waals surface area contributed by atoms with Gasteiger partial charge in [-0.15, -0.1) is 0 Å². The number of halogens is 2. The minimum absolute atomic E-state index is 0.0864. The Hall–Kier alpha value is -3.08. The number of aryl methyl sites for hydroxylation is 1. The molecule has 0 saturated carbocycles. The number of hydrogen-bond acceptors (Lipinski definition) is 7. The lowest BCUT2D eigenvalue weighted by molar-refractivity contribution is 0.0664. The number of nitrogens with one attached hydrogen (secondary N) is 1. The summed E-state index contributed by atoms with van der Waals surface area (Å²) >= 11 is 6.48. The van der Waals surface area contributed by atoms with Crippen LogP contribution in [0.5, 0.6) is 0 Å². The van der Waals surface area contributed by atoms with Gasteiger partial charge in [-0.1, -0.05) is 11.6 Å². The van der Waals surface area contributed by atoms with Crippen molar-refractivity contribution in [1.29, 1.82) is 0 Å². The minimum Gasteiger partial charge on any atom is -0.381 e. The maximum Gasteiger partial charge on any atom is 0.255 e. The van der Waals surface area contributed by atoms with E-state index in [-0.39, 0.29) is 23.6 Å². The number of piperazine rings is 1. The van der Waals surface area contributed by atoms with Crippen LogP contribution in [0.4, 0.5) is 16.0 Å². The Bertz CT molecular complexity index is 1250. The van der Waals surface area contributed by atoms with Gasteiger partial charge in [0.2, 0.25) is 5.95 Å². The highest BCUT2D eigenvalue weighted by Crippen LogP contribution is 2.31.